The minimum atomic E-state index is -0.250. The number of aromatic nitrogens is 3. The highest BCUT2D eigenvalue weighted by Crippen LogP contribution is 2.33. The molecule has 11 nitrogen and oxygen atoms in total. The zero-order valence-electron chi connectivity index (χ0n) is 22.6. The summed E-state index contributed by atoms with van der Waals surface area (Å²) in [5, 5.41) is 15.4. The molecule has 1 saturated heterocycles. The smallest absolute Gasteiger partial charge is 0.290 e. The number of para-hydroxylation sites is 1. The average Bonchev–Trinajstić information content (AvgIpc) is 3.38. The number of benzene rings is 2. The Morgan fingerprint density at radius 1 is 1.15 bits per heavy atom. The van der Waals surface area contributed by atoms with Crippen molar-refractivity contribution in [3.05, 3.63) is 65.0 Å². The van der Waals surface area contributed by atoms with Gasteiger partial charge in [0.1, 0.15) is 18.1 Å². The molecule has 4 heterocycles. The average molecular weight is 538 g/mol. The maximum atomic E-state index is 13.6. The molecule has 39 heavy (non-hydrogen) atoms. The van der Waals surface area contributed by atoms with E-state index < -0.39 is 0 Å². The number of fused-ring (bicyclic) bond motifs is 6. The fourth-order valence-corrected chi connectivity index (χ4v) is 4.88. The molecule has 1 N–H and O–H groups in total. The van der Waals surface area contributed by atoms with Crippen LogP contribution < -0.4 is 14.2 Å². The molecule has 0 radical (unpaired) electrons. The number of piperazine rings is 1. The van der Waals surface area contributed by atoms with Gasteiger partial charge in [0.2, 0.25) is 0 Å². The van der Waals surface area contributed by atoms with Gasteiger partial charge < -0.3 is 24.2 Å². The maximum Gasteiger partial charge on any atom is 0.290 e. The van der Waals surface area contributed by atoms with Gasteiger partial charge in [-0.05, 0) is 37.6 Å². The van der Waals surface area contributed by atoms with Crippen LogP contribution in [-0.2, 0) is 24.5 Å². The number of amides is 1. The highest BCUT2D eigenvalue weighted by Gasteiger charge is 2.30. The minimum absolute atomic E-state index is 0.0152. The van der Waals surface area contributed by atoms with Gasteiger partial charge in [-0.2, -0.15) is 0 Å². The summed E-state index contributed by atoms with van der Waals surface area (Å²) in [4.78, 5) is 26.3. The molecular weight excluding hydrogens is 502 g/mol. The molecule has 6 rings (SSSR count). The summed E-state index contributed by atoms with van der Waals surface area (Å²) in [5.41, 5.74) is 3.47. The van der Waals surface area contributed by atoms with Crippen molar-refractivity contribution in [2.75, 3.05) is 33.4 Å². The first-order chi connectivity index (χ1) is 18.9. The highest BCUT2D eigenvalue weighted by molar-refractivity contribution is 5.97. The molecule has 2 atom stereocenters. The fourth-order valence-electron chi connectivity index (χ4n) is 4.88. The number of hydrogen-bond acceptors (Lipinski definition) is 8. The SMILES string of the molecule is COc1cccc2c1OCc1cn(nn1)CCCOc1cc(C)ccc1C(=O)N1CCN(C2)CC1C.O=CO. The van der Waals surface area contributed by atoms with Crippen LogP contribution in [0.4, 0.5) is 0 Å². The van der Waals surface area contributed by atoms with Crippen molar-refractivity contribution in [3.8, 4) is 17.2 Å². The third kappa shape index (κ3) is 6.85. The molecular formula is C28H35N5O6. The van der Waals surface area contributed by atoms with Crippen LogP contribution in [0.2, 0.25) is 0 Å². The van der Waals surface area contributed by atoms with E-state index in [4.69, 9.17) is 24.1 Å². The molecule has 1 amide bonds. The first-order valence-electron chi connectivity index (χ1n) is 13.0. The van der Waals surface area contributed by atoms with Crippen LogP contribution in [0.15, 0.2) is 42.6 Å². The minimum Gasteiger partial charge on any atom is -0.493 e. The van der Waals surface area contributed by atoms with Gasteiger partial charge in [-0.15, -0.1) is 5.10 Å². The van der Waals surface area contributed by atoms with Gasteiger partial charge in [0.25, 0.3) is 12.4 Å². The quantitative estimate of drug-likeness (QED) is 0.467. The topological polar surface area (TPSA) is 119 Å². The molecule has 11 heteroatoms. The number of carboxylic acid groups (broad SMARTS) is 1. The first-order valence-corrected chi connectivity index (χ1v) is 13.0. The van der Waals surface area contributed by atoms with E-state index in [9.17, 15) is 4.79 Å². The third-order valence-electron chi connectivity index (χ3n) is 6.75. The molecule has 3 aliphatic rings. The van der Waals surface area contributed by atoms with Gasteiger partial charge in [0.05, 0.1) is 25.5 Å². The van der Waals surface area contributed by atoms with Gasteiger partial charge >= 0.3 is 0 Å². The molecule has 1 fully saturated rings. The van der Waals surface area contributed by atoms with Crippen molar-refractivity contribution >= 4 is 12.4 Å². The summed E-state index contributed by atoms with van der Waals surface area (Å²) in [6.07, 6.45) is 2.63. The summed E-state index contributed by atoms with van der Waals surface area (Å²) in [6.45, 7) is 8.17. The van der Waals surface area contributed by atoms with Crippen LogP contribution in [0.1, 0.15) is 40.5 Å². The van der Waals surface area contributed by atoms with Crippen LogP contribution in [0.25, 0.3) is 0 Å². The number of aryl methyl sites for hydroxylation is 2. The second-order valence-electron chi connectivity index (χ2n) is 9.60. The molecule has 3 aromatic rings. The Labute approximate surface area is 227 Å². The molecule has 2 aromatic carbocycles. The van der Waals surface area contributed by atoms with Gasteiger partial charge in [-0.1, -0.05) is 23.4 Å². The van der Waals surface area contributed by atoms with Crippen molar-refractivity contribution in [1.82, 2.24) is 24.8 Å². The molecule has 1 aromatic heterocycles. The second-order valence-corrected chi connectivity index (χ2v) is 9.60. The number of hydrogen-bond donors (Lipinski definition) is 1. The first kappa shape index (κ1) is 27.9. The van der Waals surface area contributed by atoms with E-state index in [0.717, 1.165) is 42.1 Å². The number of methoxy groups -OCH3 is 1. The number of carbonyl (C=O) groups excluding carboxylic acids is 1. The Kier molecular flexibility index (Phi) is 9.37. The largest absolute Gasteiger partial charge is 0.493 e. The molecule has 208 valence electrons. The number of rotatable bonds is 1. The molecule has 0 saturated carbocycles. The lowest BCUT2D eigenvalue weighted by atomic mass is 10.1. The Morgan fingerprint density at radius 2 is 1.97 bits per heavy atom. The van der Waals surface area contributed by atoms with Crippen molar-refractivity contribution in [2.24, 2.45) is 0 Å². The van der Waals surface area contributed by atoms with Gasteiger partial charge in [0, 0.05) is 50.7 Å². The Hall–Kier alpha value is -4.12. The van der Waals surface area contributed by atoms with Crippen LogP contribution >= 0.6 is 0 Å². The standard InChI is InChI=1S/C27H33N5O4.CH2O2/c1-19-8-9-23-25(14-19)35-13-5-10-31-17-22(28-29-31)18-36-26-21(6-4-7-24(26)34-3)16-30-11-12-32(27(23)33)20(2)15-30;2-1-3/h4,6-9,14,17,20H,5,10-13,15-16,18H2,1-3H3;1H,(H,2,3). The summed E-state index contributed by atoms with van der Waals surface area (Å²) in [5.74, 6) is 2.07. The molecule has 0 aliphatic carbocycles. The van der Waals surface area contributed by atoms with Crippen LogP contribution in [0.3, 0.4) is 0 Å². The van der Waals surface area contributed by atoms with Crippen molar-refractivity contribution in [2.45, 2.75) is 46.0 Å². The number of carbonyl (C=O) groups is 2. The van der Waals surface area contributed by atoms with E-state index in [1.807, 2.05) is 48.4 Å². The van der Waals surface area contributed by atoms with Gasteiger partial charge in [-0.25, -0.2) is 0 Å². The van der Waals surface area contributed by atoms with E-state index in [-0.39, 0.29) is 18.4 Å². The maximum absolute atomic E-state index is 13.6. The highest BCUT2D eigenvalue weighted by atomic mass is 16.5. The fraction of sp³-hybridized carbons (Fsp3) is 0.429. The van der Waals surface area contributed by atoms with E-state index >= 15 is 0 Å². The van der Waals surface area contributed by atoms with Crippen LogP contribution in [0, 0.1) is 6.92 Å². The summed E-state index contributed by atoms with van der Waals surface area (Å²) in [7, 11) is 1.65. The normalized spacial score (nSPS) is 19.5. The molecule has 0 spiro atoms. The van der Waals surface area contributed by atoms with Gasteiger partial charge in [0.15, 0.2) is 11.5 Å². The van der Waals surface area contributed by atoms with E-state index in [1.54, 1.807) is 11.8 Å². The zero-order valence-corrected chi connectivity index (χ0v) is 22.6. The van der Waals surface area contributed by atoms with Crippen molar-refractivity contribution in [1.29, 1.82) is 0 Å². The van der Waals surface area contributed by atoms with Crippen LogP contribution in [0.5, 0.6) is 17.2 Å². The van der Waals surface area contributed by atoms with Gasteiger partial charge in [-0.3, -0.25) is 19.2 Å². The van der Waals surface area contributed by atoms with Crippen molar-refractivity contribution < 1.29 is 28.9 Å². The van der Waals surface area contributed by atoms with E-state index in [1.165, 1.54) is 0 Å². The Balaban J connectivity index is 0.00000112. The molecule has 3 aliphatic heterocycles. The summed E-state index contributed by atoms with van der Waals surface area (Å²) >= 11 is 0. The number of nitrogens with zero attached hydrogens (tertiary/aromatic N) is 5. The van der Waals surface area contributed by atoms with E-state index in [2.05, 4.69) is 28.2 Å². The summed E-state index contributed by atoms with van der Waals surface area (Å²) in [6, 6.07) is 11.8. The predicted molar refractivity (Wildman–Crippen MR) is 143 cm³/mol. The lowest BCUT2D eigenvalue weighted by Gasteiger charge is -2.40. The Morgan fingerprint density at radius 3 is 2.74 bits per heavy atom. The summed E-state index contributed by atoms with van der Waals surface area (Å²) < 4.78 is 19.7. The number of ether oxygens (including phenoxy) is 3. The predicted octanol–water partition coefficient (Wildman–Crippen LogP) is 3.00. The van der Waals surface area contributed by atoms with E-state index in [0.29, 0.717) is 49.9 Å². The molecule has 4 bridgehead atoms. The Bertz CT molecular complexity index is 1280. The van der Waals surface area contributed by atoms with Crippen molar-refractivity contribution in [3.63, 3.8) is 0 Å². The van der Waals surface area contributed by atoms with Crippen LogP contribution in [-0.4, -0.2) is 81.7 Å². The lowest BCUT2D eigenvalue weighted by Crippen LogP contribution is -2.53. The monoisotopic (exact) mass is 537 g/mol. The zero-order chi connectivity index (χ0) is 27.8. The lowest BCUT2D eigenvalue weighted by molar-refractivity contribution is -0.122. The second kappa shape index (κ2) is 13.1. The third-order valence-corrected chi connectivity index (χ3v) is 6.75. The molecule has 2 unspecified atom stereocenters.